The minimum atomic E-state index is -1.21. The molecule has 1 aromatic rings. The number of hydrogen-bond acceptors (Lipinski definition) is 5. The molecule has 1 aromatic carbocycles. The third kappa shape index (κ3) is 2.01. The molecule has 1 saturated heterocycles. The van der Waals surface area contributed by atoms with Crippen LogP contribution >= 0.6 is 0 Å². The van der Waals surface area contributed by atoms with Gasteiger partial charge < -0.3 is 14.8 Å². The van der Waals surface area contributed by atoms with Crippen molar-refractivity contribution in [2.75, 3.05) is 13.3 Å². The molecule has 21 heavy (non-hydrogen) atoms. The highest BCUT2D eigenvalue weighted by molar-refractivity contribution is 6.09. The predicted molar refractivity (Wildman–Crippen MR) is 70.8 cm³/mol. The van der Waals surface area contributed by atoms with Gasteiger partial charge >= 0.3 is 6.03 Å². The van der Waals surface area contributed by atoms with Crippen molar-refractivity contribution >= 4 is 17.7 Å². The van der Waals surface area contributed by atoms with E-state index in [-0.39, 0.29) is 19.1 Å². The van der Waals surface area contributed by atoms with Crippen molar-refractivity contribution in [3.8, 4) is 11.5 Å². The van der Waals surface area contributed by atoms with Gasteiger partial charge in [0.1, 0.15) is 11.3 Å². The number of imide groups is 1. The van der Waals surface area contributed by atoms with Crippen LogP contribution in [0.3, 0.4) is 0 Å². The van der Waals surface area contributed by atoms with Crippen molar-refractivity contribution in [2.45, 2.75) is 19.4 Å². The van der Waals surface area contributed by atoms with E-state index in [1.165, 1.54) is 6.92 Å². The zero-order chi connectivity index (χ0) is 15.2. The molecular weight excluding hydrogens is 276 g/mol. The van der Waals surface area contributed by atoms with E-state index in [1.54, 1.807) is 25.1 Å². The Kier molecular flexibility index (Phi) is 2.86. The molecule has 3 rings (SSSR count). The van der Waals surface area contributed by atoms with Crippen molar-refractivity contribution in [3.63, 3.8) is 0 Å². The van der Waals surface area contributed by atoms with Crippen LogP contribution < -0.4 is 14.8 Å². The normalized spacial score (nSPS) is 23.4. The van der Waals surface area contributed by atoms with E-state index in [4.69, 9.17) is 9.47 Å². The van der Waals surface area contributed by atoms with Gasteiger partial charge in [0.05, 0.1) is 6.54 Å². The summed E-state index contributed by atoms with van der Waals surface area (Å²) in [6.07, 6.45) is 0. The fraction of sp³-hybridized carbons (Fsp3) is 0.357. The van der Waals surface area contributed by atoms with Gasteiger partial charge in [0.2, 0.25) is 6.79 Å². The molecule has 0 radical (unpaired) electrons. The number of amides is 3. The average molecular weight is 290 g/mol. The van der Waals surface area contributed by atoms with E-state index < -0.39 is 17.5 Å². The summed E-state index contributed by atoms with van der Waals surface area (Å²) in [6.45, 7) is 2.83. The van der Waals surface area contributed by atoms with Crippen LogP contribution in [0.1, 0.15) is 19.4 Å². The van der Waals surface area contributed by atoms with Crippen molar-refractivity contribution in [1.82, 2.24) is 10.2 Å². The molecule has 2 aliphatic heterocycles. The summed E-state index contributed by atoms with van der Waals surface area (Å²) in [5.41, 5.74) is -0.635. The standard InChI is InChI=1S/C14H14N2O5/c1-8(17)6-16-12(18)14(2,15-13(16)19)9-3-4-10-11(5-9)21-7-20-10/h3-5H,6-7H2,1-2H3,(H,15,19)/t14-/m0/s1. The Labute approximate surface area is 120 Å². The monoisotopic (exact) mass is 290 g/mol. The summed E-state index contributed by atoms with van der Waals surface area (Å²) < 4.78 is 10.5. The maximum atomic E-state index is 12.5. The minimum Gasteiger partial charge on any atom is -0.454 e. The number of rotatable bonds is 3. The molecule has 0 bridgehead atoms. The van der Waals surface area contributed by atoms with Crippen molar-refractivity contribution in [1.29, 1.82) is 0 Å². The number of nitrogens with one attached hydrogen (secondary N) is 1. The lowest BCUT2D eigenvalue weighted by atomic mass is 9.91. The number of carbonyl (C=O) groups is 3. The lowest BCUT2D eigenvalue weighted by Gasteiger charge is -2.22. The Bertz CT molecular complexity index is 657. The van der Waals surface area contributed by atoms with E-state index in [9.17, 15) is 14.4 Å². The molecular formula is C14H14N2O5. The summed E-state index contributed by atoms with van der Waals surface area (Å²) in [4.78, 5) is 36.5. The van der Waals surface area contributed by atoms with Gasteiger partial charge in [-0.3, -0.25) is 14.5 Å². The van der Waals surface area contributed by atoms with Gasteiger partial charge in [0.25, 0.3) is 5.91 Å². The number of ether oxygens (including phenoxy) is 2. The first kappa shape index (κ1) is 13.4. The molecule has 3 amide bonds. The molecule has 0 aromatic heterocycles. The Morgan fingerprint density at radius 3 is 2.76 bits per heavy atom. The highest BCUT2D eigenvalue weighted by atomic mass is 16.7. The summed E-state index contributed by atoms with van der Waals surface area (Å²) in [5, 5.41) is 2.63. The molecule has 0 aliphatic carbocycles. The number of hydrogen-bond donors (Lipinski definition) is 1. The van der Waals surface area contributed by atoms with Crippen LogP contribution in [0.5, 0.6) is 11.5 Å². The number of ketones is 1. The maximum Gasteiger partial charge on any atom is 0.325 e. The van der Waals surface area contributed by atoms with Crippen molar-refractivity contribution in [3.05, 3.63) is 23.8 Å². The average Bonchev–Trinajstić information content (AvgIpc) is 2.97. The zero-order valence-electron chi connectivity index (χ0n) is 11.6. The van der Waals surface area contributed by atoms with E-state index >= 15 is 0 Å². The van der Waals surface area contributed by atoms with Crippen LogP contribution in [0.25, 0.3) is 0 Å². The summed E-state index contributed by atoms with van der Waals surface area (Å²) >= 11 is 0. The third-order valence-corrected chi connectivity index (χ3v) is 3.61. The molecule has 0 saturated carbocycles. The molecule has 0 spiro atoms. The smallest absolute Gasteiger partial charge is 0.325 e. The van der Waals surface area contributed by atoms with Crippen LogP contribution in [-0.4, -0.2) is 36.0 Å². The Hall–Kier alpha value is -2.57. The summed E-state index contributed by atoms with van der Waals surface area (Å²) in [6, 6.07) is 4.48. The molecule has 0 unspecified atom stereocenters. The van der Waals surface area contributed by atoms with E-state index in [0.717, 1.165) is 4.90 Å². The van der Waals surface area contributed by atoms with Crippen LogP contribution in [0.4, 0.5) is 4.79 Å². The molecule has 110 valence electrons. The first-order valence-electron chi connectivity index (χ1n) is 6.45. The largest absolute Gasteiger partial charge is 0.454 e. The molecule has 7 heteroatoms. The van der Waals surface area contributed by atoms with Crippen LogP contribution in [0.15, 0.2) is 18.2 Å². The number of fused-ring (bicyclic) bond motifs is 1. The van der Waals surface area contributed by atoms with Gasteiger partial charge in [-0.05, 0) is 31.5 Å². The number of benzene rings is 1. The number of nitrogens with zero attached hydrogens (tertiary/aromatic N) is 1. The second-order valence-corrected chi connectivity index (χ2v) is 5.22. The van der Waals surface area contributed by atoms with Crippen LogP contribution in [0, 0.1) is 0 Å². The molecule has 1 atom stereocenters. The minimum absolute atomic E-state index is 0.131. The number of urea groups is 1. The number of carbonyl (C=O) groups excluding carboxylic acids is 3. The third-order valence-electron chi connectivity index (χ3n) is 3.61. The van der Waals surface area contributed by atoms with Crippen molar-refractivity contribution in [2.24, 2.45) is 0 Å². The zero-order valence-corrected chi connectivity index (χ0v) is 11.6. The second-order valence-electron chi connectivity index (χ2n) is 5.22. The van der Waals surface area contributed by atoms with Gasteiger partial charge in [-0.2, -0.15) is 0 Å². The predicted octanol–water partition coefficient (Wildman–Crippen LogP) is 0.771. The first-order chi connectivity index (χ1) is 9.91. The lowest BCUT2D eigenvalue weighted by Crippen LogP contribution is -2.41. The van der Waals surface area contributed by atoms with Crippen LogP contribution in [-0.2, 0) is 15.1 Å². The fourth-order valence-corrected chi connectivity index (χ4v) is 2.47. The van der Waals surface area contributed by atoms with Gasteiger partial charge in [-0.25, -0.2) is 4.79 Å². The Morgan fingerprint density at radius 2 is 2.05 bits per heavy atom. The van der Waals surface area contributed by atoms with Gasteiger partial charge in [-0.15, -0.1) is 0 Å². The SMILES string of the molecule is CC(=O)CN1C(=O)N[C@@](C)(c2ccc3c(c2)OCO3)C1=O. The van der Waals surface area contributed by atoms with E-state index in [0.29, 0.717) is 17.1 Å². The topological polar surface area (TPSA) is 84.9 Å². The van der Waals surface area contributed by atoms with Crippen molar-refractivity contribution < 1.29 is 23.9 Å². The fourth-order valence-electron chi connectivity index (χ4n) is 2.47. The Morgan fingerprint density at radius 1 is 1.33 bits per heavy atom. The highest BCUT2D eigenvalue weighted by Gasteiger charge is 2.49. The number of Topliss-reactive ketones (excluding diaryl/α,β-unsaturated/α-hetero) is 1. The van der Waals surface area contributed by atoms with Gasteiger partial charge in [0, 0.05) is 0 Å². The summed E-state index contributed by atoms with van der Waals surface area (Å²) in [7, 11) is 0. The summed E-state index contributed by atoms with van der Waals surface area (Å²) in [5.74, 6) is 0.413. The molecule has 1 N–H and O–H groups in total. The lowest BCUT2D eigenvalue weighted by molar-refractivity contribution is -0.133. The molecule has 1 fully saturated rings. The Balaban J connectivity index is 1.96. The quantitative estimate of drug-likeness (QED) is 0.831. The van der Waals surface area contributed by atoms with E-state index in [1.807, 2.05) is 0 Å². The molecule has 7 nitrogen and oxygen atoms in total. The van der Waals surface area contributed by atoms with Gasteiger partial charge in [-0.1, -0.05) is 6.07 Å². The molecule has 2 aliphatic rings. The van der Waals surface area contributed by atoms with E-state index in [2.05, 4.69) is 5.32 Å². The maximum absolute atomic E-state index is 12.5. The molecule has 2 heterocycles. The second kappa shape index (κ2) is 4.47. The van der Waals surface area contributed by atoms with Crippen LogP contribution in [0.2, 0.25) is 0 Å². The first-order valence-corrected chi connectivity index (χ1v) is 6.45. The highest BCUT2D eigenvalue weighted by Crippen LogP contribution is 2.37. The van der Waals surface area contributed by atoms with Gasteiger partial charge in [0.15, 0.2) is 11.5 Å².